The van der Waals surface area contributed by atoms with Gasteiger partial charge in [-0.15, -0.1) is 0 Å². The van der Waals surface area contributed by atoms with Crippen molar-refractivity contribution in [2.24, 2.45) is 0 Å². The van der Waals surface area contributed by atoms with E-state index < -0.39 is 0 Å². The zero-order chi connectivity index (χ0) is 49.7. The van der Waals surface area contributed by atoms with Crippen LogP contribution in [0.1, 0.15) is 0 Å². The molecule has 3 nitrogen and oxygen atoms in total. The summed E-state index contributed by atoms with van der Waals surface area (Å²) >= 11 is 0. The molecule has 0 saturated heterocycles. The van der Waals surface area contributed by atoms with E-state index in [2.05, 4.69) is 289 Å². The van der Waals surface area contributed by atoms with Crippen LogP contribution in [0.3, 0.4) is 0 Å². The molecule has 0 amide bonds. The van der Waals surface area contributed by atoms with Gasteiger partial charge in [-0.05, 0) is 156 Å². The topological polar surface area (TPSA) is 19.4 Å². The molecule has 12 aromatic rings. The maximum atomic E-state index is 5.06. The van der Waals surface area contributed by atoms with Crippen molar-refractivity contribution in [1.29, 1.82) is 0 Å². The maximum Gasteiger partial charge on any atom is 0.252 e. The fourth-order valence-electron chi connectivity index (χ4n) is 11.5. The van der Waals surface area contributed by atoms with Gasteiger partial charge in [-0.25, -0.2) is 0 Å². The highest BCUT2D eigenvalue weighted by molar-refractivity contribution is 7.00. The number of benzene rings is 11. The number of pyridine rings is 1. The molecule has 0 radical (unpaired) electrons. The summed E-state index contributed by atoms with van der Waals surface area (Å²) in [5.41, 5.74) is 26.3. The van der Waals surface area contributed by atoms with Crippen LogP contribution in [0.4, 0.5) is 34.1 Å². The van der Waals surface area contributed by atoms with E-state index >= 15 is 0 Å². The quantitative estimate of drug-likeness (QED) is 0.134. The van der Waals surface area contributed by atoms with E-state index in [0.717, 1.165) is 89.9 Å². The highest BCUT2D eigenvalue weighted by atomic mass is 15.2. The molecular weight excluding hydrogens is 906 g/mol. The van der Waals surface area contributed by atoms with Crippen LogP contribution in [0.2, 0.25) is 0 Å². The van der Waals surface area contributed by atoms with Crippen molar-refractivity contribution in [2.75, 3.05) is 9.80 Å². The highest BCUT2D eigenvalue weighted by Gasteiger charge is 2.44. The molecule has 0 spiro atoms. The fraction of sp³-hybridized carbons (Fsp3) is 0. The zero-order valence-electron chi connectivity index (χ0n) is 41.1. The zero-order valence-corrected chi connectivity index (χ0v) is 41.1. The molecule has 4 heteroatoms. The third kappa shape index (κ3) is 8.01. The molecule has 11 aromatic carbocycles. The Kier molecular flexibility index (Phi) is 11.0. The van der Waals surface area contributed by atoms with Crippen molar-refractivity contribution in [3.63, 3.8) is 0 Å². The standard InChI is InChI=1S/C71H48BN3/c1-7-21-49(22-8-1)55-34-36-67-64(45-55)72-65-46-56(50-23-9-2-10-24-50)35-37-68(65)75(63-43-59(53-29-15-5-16-30-53)40-60(44-63)54-31-17-6-18-32-54)70-48-61(66-33-19-20-38-73-66)47-69(71(70)72)74(67)62-41-57(51-25-11-3-12-26-51)39-58(42-62)52-27-13-4-14-28-52/h1-48H. The Morgan fingerprint density at radius 3 is 0.907 bits per heavy atom. The van der Waals surface area contributed by atoms with Gasteiger partial charge in [0.15, 0.2) is 0 Å². The molecule has 3 heterocycles. The lowest BCUT2D eigenvalue weighted by molar-refractivity contribution is 1.25. The van der Waals surface area contributed by atoms with Crippen molar-refractivity contribution in [3.05, 3.63) is 291 Å². The molecule has 14 rings (SSSR count). The molecular formula is C71H48BN3. The predicted octanol–water partition coefficient (Wildman–Crippen LogP) is 16.8. The first kappa shape index (κ1) is 44.0. The average molecular weight is 954 g/mol. The Hall–Kier alpha value is -9.77. The Morgan fingerprint density at radius 2 is 0.573 bits per heavy atom. The van der Waals surface area contributed by atoms with E-state index in [-0.39, 0.29) is 6.71 Å². The lowest BCUT2D eigenvalue weighted by atomic mass is 9.33. The van der Waals surface area contributed by atoms with Crippen molar-refractivity contribution < 1.29 is 0 Å². The summed E-state index contributed by atoms with van der Waals surface area (Å²) in [4.78, 5) is 10.2. The first-order chi connectivity index (χ1) is 37.2. The second kappa shape index (κ2) is 18.7. The number of anilines is 6. The number of aromatic nitrogens is 1. The van der Waals surface area contributed by atoms with Gasteiger partial charge in [0.25, 0.3) is 6.71 Å². The maximum absolute atomic E-state index is 5.06. The summed E-state index contributed by atoms with van der Waals surface area (Å²) < 4.78 is 0. The van der Waals surface area contributed by atoms with Crippen LogP contribution in [0.5, 0.6) is 0 Å². The summed E-state index contributed by atoms with van der Waals surface area (Å²) in [5, 5.41) is 0. The normalized spacial score (nSPS) is 12.2. The molecule has 0 unspecified atom stereocenters. The number of rotatable bonds is 9. The molecule has 0 saturated carbocycles. The summed E-state index contributed by atoms with van der Waals surface area (Å²) in [6.07, 6.45) is 1.91. The lowest BCUT2D eigenvalue weighted by Gasteiger charge is -2.45. The van der Waals surface area contributed by atoms with Gasteiger partial charge in [-0.2, -0.15) is 0 Å². The van der Waals surface area contributed by atoms with E-state index in [1.54, 1.807) is 0 Å². The molecule has 0 fully saturated rings. The number of hydrogen-bond donors (Lipinski definition) is 0. The number of hydrogen-bond acceptors (Lipinski definition) is 3. The van der Waals surface area contributed by atoms with Crippen molar-refractivity contribution in [1.82, 2.24) is 4.98 Å². The fourth-order valence-corrected chi connectivity index (χ4v) is 11.5. The Labute approximate surface area is 439 Å². The van der Waals surface area contributed by atoms with Crippen LogP contribution < -0.4 is 26.2 Å². The van der Waals surface area contributed by atoms with E-state index in [1.807, 2.05) is 12.3 Å². The van der Waals surface area contributed by atoms with Crippen molar-refractivity contribution in [3.8, 4) is 78.0 Å². The second-order valence-corrected chi connectivity index (χ2v) is 19.5. The minimum atomic E-state index is -0.144. The van der Waals surface area contributed by atoms with Crippen LogP contribution in [0.15, 0.2) is 291 Å². The van der Waals surface area contributed by atoms with Gasteiger partial charge < -0.3 is 9.80 Å². The van der Waals surface area contributed by atoms with Gasteiger partial charge in [-0.1, -0.05) is 212 Å². The Bertz CT molecular complexity index is 3680. The minimum Gasteiger partial charge on any atom is -0.311 e. The van der Waals surface area contributed by atoms with E-state index in [0.29, 0.717) is 0 Å². The molecule has 0 aliphatic carbocycles. The molecule has 0 N–H and O–H groups in total. The summed E-state index contributed by atoms with van der Waals surface area (Å²) in [7, 11) is 0. The van der Waals surface area contributed by atoms with Gasteiger partial charge in [0.05, 0.1) is 5.69 Å². The summed E-state index contributed by atoms with van der Waals surface area (Å²) in [6.45, 7) is -0.144. The molecule has 0 atom stereocenters. The van der Waals surface area contributed by atoms with E-state index in [1.165, 1.54) is 38.6 Å². The Morgan fingerprint density at radius 1 is 0.240 bits per heavy atom. The van der Waals surface area contributed by atoms with Crippen LogP contribution in [0.25, 0.3) is 78.0 Å². The second-order valence-electron chi connectivity index (χ2n) is 19.5. The van der Waals surface area contributed by atoms with Gasteiger partial charge >= 0.3 is 0 Å². The number of nitrogens with zero attached hydrogens (tertiary/aromatic N) is 3. The van der Waals surface area contributed by atoms with Gasteiger partial charge in [0, 0.05) is 45.9 Å². The summed E-state index contributed by atoms with van der Waals surface area (Å²) in [5.74, 6) is 0. The van der Waals surface area contributed by atoms with Crippen LogP contribution in [0, 0.1) is 0 Å². The van der Waals surface area contributed by atoms with Crippen molar-refractivity contribution in [2.45, 2.75) is 0 Å². The third-order valence-electron chi connectivity index (χ3n) is 15.0. The number of fused-ring (bicyclic) bond motifs is 4. The average Bonchev–Trinajstić information content (AvgIpc) is 3.51. The molecule has 1 aromatic heterocycles. The molecule has 350 valence electrons. The lowest BCUT2D eigenvalue weighted by Crippen LogP contribution is -2.61. The first-order valence-electron chi connectivity index (χ1n) is 25.8. The molecule has 0 bridgehead atoms. The van der Waals surface area contributed by atoms with Gasteiger partial charge in [-0.3, -0.25) is 4.98 Å². The highest BCUT2D eigenvalue weighted by Crippen LogP contribution is 2.49. The molecule has 2 aliphatic heterocycles. The van der Waals surface area contributed by atoms with Crippen LogP contribution >= 0.6 is 0 Å². The van der Waals surface area contributed by atoms with E-state index in [4.69, 9.17) is 4.98 Å². The van der Waals surface area contributed by atoms with Crippen molar-refractivity contribution >= 4 is 57.2 Å². The molecule has 75 heavy (non-hydrogen) atoms. The van der Waals surface area contributed by atoms with Gasteiger partial charge in [0.1, 0.15) is 0 Å². The van der Waals surface area contributed by atoms with Gasteiger partial charge in [0.2, 0.25) is 0 Å². The Balaban J connectivity index is 1.11. The van der Waals surface area contributed by atoms with Crippen LogP contribution in [-0.4, -0.2) is 11.7 Å². The monoisotopic (exact) mass is 953 g/mol. The molecule has 2 aliphatic rings. The predicted molar refractivity (Wildman–Crippen MR) is 316 cm³/mol. The third-order valence-corrected chi connectivity index (χ3v) is 15.0. The SMILES string of the molecule is c1ccc(-c2cc(-c3ccccc3)cc(N3c4ccc(-c5ccccc5)cc4B4c5cc(-c6ccccc6)ccc5N(c5cc(-c6ccccc6)cc(-c6ccccc6)c5)c5cc(-c6ccccn6)cc3c54)c2)cc1. The first-order valence-corrected chi connectivity index (χ1v) is 25.8. The van der Waals surface area contributed by atoms with E-state index in [9.17, 15) is 0 Å². The van der Waals surface area contributed by atoms with Crippen LogP contribution in [-0.2, 0) is 0 Å². The minimum absolute atomic E-state index is 0.144. The largest absolute Gasteiger partial charge is 0.311 e. The summed E-state index contributed by atoms with van der Waals surface area (Å²) in [6, 6.07) is 104. The smallest absolute Gasteiger partial charge is 0.252 e.